The monoisotopic (exact) mass is 489 g/mol. The predicted molar refractivity (Wildman–Crippen MR) is 133 cm³/mol. The molecule has 0 fully saturated rings. The zero-order valence-corrected chi connectivity index (χ0v) is 20.0. The Bertz CT molecular complexity index is 1610. The quantitative estimate of drug-likeness (QED) is 0.477. The lowest BCUT2D eigenvalue weighted by molar-refractivity contribution is -0.113. The summed E-state index contributed by atoms with van der Waals surface area (Å²) in [5.74, 6) is -0.334. The lowest BCUT2D eigenvalue weighted by Gasteiger charge is -2.26. The number of allylic oxidation sites excluding steroid dienone is 1. The molecule has 2 aromatic heterocycles. The molecular formula is C25H20ClN5O2S. The molecule has 0 saturated carbocycles. The van der Waals surface area contributed by atoms with Crippen molar-refractivity contribution in [1.29, 1.82) is 0 Å². The van der Waals surface area contributed by atoms with Crippen molar-refractivity contribution in [1.82, 2.24) is 14.3 Å². The molecule has 0 saturated heterocycles. The highest BCUT2D eigenvalue weighted by Gasteiger charge is 2.33. The summed E-state index contributed by atoms with van der Waals surface area (Å²) in [6, 6.07) is 15.7. The van der Waals surface area contributed by atoms with Crippen LogP contribution >= 0.6 is 22.9 Å². The third-order valence-corrected chi connectivity index (χ3v) is 6.85. The smallest absolute Gasteiger partial charge is 0.271 e. The van der Waals surface area contributed by atoms with Crippen molar-refractivity contribution in [2.24, 2.45) is 12.0 Å². The first-order valence-electron chi connectivity index (χ1n) is 10.5. The second-order valence-corrected chi connectivity index (χ2v) is 9.29. The molecule has 170 valence electrons. The van der Waals surface area contributed by atoms with E-state index in [1.165, 1.54) is 11.3 Å². The van der Waals surface area contributed by atoms with Crippen molar-refractivity contribution in [2.45, 2.75) is 13.0 Å². The molecule has 1 N–H and O–H groups in total. The maximum Gasteiger partial charge on any atom is 0.271 e. The van der Waals surface area contributed by atoms with Crippen molar-refractivity contribution in [3.05, 3.63) is 114 Å². The minimum absolute atomic E-state index is 0.241. The third kappa shape index (κ3) is 4.02. The van der Waals surface area contributed by atoms with Crippen molar-refractivity contribution in [2.75, 3.05) is 5.32 Å². The fourth-order valence-electron chi connectivity index (χ4n) is 3.99. The summed E-state index contributed by atoms with van der Waals surface area (Å²) in [6.07, 6.45) is 5.30. The first-order chi connectivity index (χ1) is 16.4. The fourth-order valence-corrected chi connectivity index (χ4v) is 5.27. The van der Waals surface area contributed by atoms with Gasteiger partial charge in [-0.05, 0) is 36.8 Å². The van der Waals surface area contributed by atoms with E-state index in [1.54, 1.807) is 46.6 Å². The fraction of sp³-hybridized carbons (Fsp3) is 0.120. The molecule has 7 nitrogen and oxygen atoms in total. The van der Waals surface area contributed by atoms with Gasteiger partial charge in [0.25, 0.3) is 11.5 Å². The number of hydrogen-bond acceptors (Lipinski definition) is 5. The molecule has 1 aliphatic heterocycles. The van der Waals surface area contributed by atoms with Crippen LogP contribution in [0.3, 0.4) is 0 Å². The normalized spacial score (nSPS) is 15.7. The number of hydrogen-bond donors (Lipinski definition) is 1. The summed E-state index contributed by atoms with van der Waals surface area (Å²) < 4.78 is 3.73. The molecule has 1 atom stereocenters. The summed E-state index contributed by atoms with van der Waals surface area (Å²) in [6.45, 7) is 1.78. The van der Waals surface area contributed by atoms with Crippen LogP contribution in [0.4, 0.5) is 5.69 Å². The molecule has 1 aliphatic rings. The van der Waals surface area contributed by atoms with Gasteiger partial charge in [-0.15, -0.1) is 0 Å². The number of anilines is 1. The number of carbonyl (C=O) groups excluding carboxylic acids is 1. The Balaban J connectivity index is 1.70. The second-order valence-electron chi connectivity index (χ2n) is 7.87. The van der Waals surface area contributed by atoms with Gasteiger partial charge in [0.1, 0.15) is 0 Å². The first-order valence-corrected chi connectivity index (χ1v) is 11.7. The average molecular weight is 490 g/mol. The number of carbonyl (C=O) groups is 1. The number of rotatable bonds is 4. The Kier molecular flexibility index (Phi) is 5.77. The van der Waals surface area contributed by atoms with E-state index >= 15 is 0 Å². The van der Waals surface area contributed by atoms with Gasteiger partial charge < -0.3 is 5.32 Å². The van der Waals surface area contributed by atoms with Gasteiger partial charge in [0.15, 0.2) is 4.80 Å². The summed E-state index contributed by atoms with van der Waals surface area (Å²) in [7, 11) is 1.82. The number of nitrogens with zero attached hydrogens (tertiary/aromatic N) is 4. The van der Waals surface area contributed by atoms with Gasteiger partial charge >= 0.3 is 0 Å². The predicted octanol–water partition coefficient (Wildman–Crippen LogP) is 3.26. The lowest BCUT2D eigenvalue weighted by atomic mass is 9.95. The van der Waals surface area contributed by atoms with Gasteiger partial charge in [-0.2, -0.15) is 5.10 Å². The first kappa shape index (κ1) is 22.1. The van der Waals surface area contributed by atoms with E-state index in [0.717, 1.165) is 5.56 Å². The number of aromatic nitrogens is 3. The SMILES string of the molecule is CC1=C(C(=O)Nc2ccccc2)C(c2ccccc2Cl)n2c(sc(=Cc3cnn(C)c3)c2=O)=N1. The van der Waals surface area contributed by atoms with E-state index in [1.807, 2.05) is 49.6 Å². The minimum atomic E-state index is -0.718. The highest BCUT2D eigenvalue weighted by molar-refractivity contribution is 7.07. The largest absolute Gasteiger partial charge is 0.322 e. The third-order valence-electron chi connectivity index (χ3n) is 5.52. The van der Waals surface area contributed by atoms with Crippen LogP contribution < -0.4 is 20.2 Å². The Morgan fingerprint density at radius 1 is 1.15 bits per heavy atom. The second kappa shape index (κ2) is 8.89. The number of nitrogens with one attached hydrogen (secondary N) is 1. The number of para-hydroxylation sites is 1. The molecule has 5 rings (SSSR count). The van der Waals surface area contributed by atoms with Crippen LogP contribution in [0.25, 0.3) is 6.08 Å². The zero-order chi connectivity index (χ0) is 23.8. The Labute approximate surface area is 204 Å². The molecule has 2 aromatic carbocycles. The van der Waals surface area contributed by atoms with Crippen molar-refractivity contribution in [3.63, 3.8) is 0 Å². The number of fused-ring (bicyclic) bond motifs is 1. The molecule has 0 aliphatic carbocycles. The van der Waals surface area contributed by atoms with Crippen molar-refractivity contribution >= 4 is 40.6 Å². The van der Waals surface area contributed by atoms with Crippen LogP contribution in [-0.4, -0.2) is 20.3 Å². The molecule has 9 heteroatoms. The number of benzene rings is 2. The topological polar surface area (TPSA) is 81.3 Å². The summed E-state index contributed by atoms with van der Waals surface area (Å²) in [4.78, 5) is 32.3. The van der Waals surface area contributed by atoms with E-state index in [4.69, 9.17) is 11.6 Å². The molecule has 0 bridgehead atoms. The molecule has 4 aromatic rings. The van der Waals surface area contributed by atoms with Crippen molar-refractivity contribution < 1.29 is 4.79 Å². The van der Waals surface area contributed by atoms with Gasteiger partial charge in [-0.25, -0.2) is 4.99 Å². The molecule has 0 radical (unpaired) electrons. The maximum absolute atomic E-state index is 13.6. The van der Waals surface area contributed by atoms with E-state index in [0.29, 0.717) is 36.9 Å². The van der Waals surface area contributed by atoms with E-state index in [9.17, 15) is 9.59 Å². The zero-order valence-electron chi connectivity index (χ0n) is 18.4. The minimum Gasteiger partial charge on any atom is -0.322 e. The maximum atomic E-state index is 13.6. The van der Waals surface area contributed by atoms with Gasteiger partial charge in [0.2, 0.25) is 0 Å². The standard InChI is InChI=1S/C25H20ClN5O2S/c1-15-21(23(32)29-17-8-4-3-5-9-17)22(18-10-6-7-11-19(18)26)31-24(33)20(34-25(31)28-15)12-16-13-27-30(2)14-16/h3-14,22H,1-2H3,(H,29,32). The van der Waals surface area contributed by atoms with Crippen LogP contribution in [0.2, 0.25) is 5.02 Å². The van der Waals surface area contributed by atoms with Gasteiger partial charge in [-0.3, -0.25) is 18.8 Å². The van der Waals surface area contributed by atoms with Gasteiger partial charge in [-0.1, -0.05) is 59.3 Å². The Morgan fingerprint density at radius 3 is 2.59 bits per heavy atom. The van der Waals surface area contributed by atoms with Crippen LogP contribution in [0.1, 0.15) is 24.1 Å². The molecule has 1 amide bonds. The van der Waals surface area contributed by atoms with Gasteiger partial charge in [0.05, 0.1) is 28.0 Å². The Morgan fingerprint density at radius 2 is 1.88 bits per heavy atom. The lowest BCUT2D eigenvalue weighted by Crippen LogP contribution is -2.40. The average Bonchev–Trinajstić information content (AvgIpc) is 3.36. The van der Waals surface area contributed by atoms with Crippen LogP contribution in [-0.2, 0) is 11.8 Å². The summed E-state index contributed by atoms with van der Waals surface area (Å²) in [5, 5.41) is 7.56. The van der Waals surface area contributed by atoms with Crippen molar-refractivity contribution in [3.8, 4) is 0 Å². The van der Waals surface area contributed by atoms with Gasteiger partial charge in [0, 0.05) is 29.5 Å². The number of halogens is 1. The highest BCUT2D eigenvalue weighted by atomic mass is 35.5. The summed E-state index contributed by atoms with van der Waals surface area (Å²) >= 11 is 7.85. The van der Waals surface area contributed by atoms with E-state index in [2.05, 4.69) is 15.4 Å². The molecule has 0 spiro atoms. The van der Waals surface area contributed by atoms with Crippen LogP contribution in [0, 0.1) is 0 Å². The molecule has 1 unspecified atom stereocenters. The number of thiazole rings is 1. The Hall–Kier alpha value is -3.75. The summed E-state index contributed by atoms with van der Waals surface area (Å²) in [5.41, 5.74) is 2.78. The van der Waals surface area contributed by atoms with E-state index < -0.39 is 6.04 Å². The highest BCUT2D eigenvalue weighted by Crippen LogP contribution is 2.34. The van der Waals surface area contributed by atoms with Crippen LogP contribution in [0.5, 0.6) is 0 Å². The molecule has 34 heavy (non-hydrogen) atoms. The van der Waals surface area contributed by atoms with E-state index in [-0.39, 0.29) is 11.5 Å². The molecular weight excluding hydrogens is 470 g/mol. The van der Waals surface area contributed by atoms with Crippen LogP contribution in [0.15, 0.2) is 88.0 Å². The number of aryl methyl sites for hydroxylation is 1. The molecule has 3 heterocycles. The number of amides is 1.